The van der Waals surface area contributed by atoms with Gasteiger partial charge in [-0.25, -0.2) is 9.78 Å². The van der Waals surface area contributed by atoms with Crippen molar-refractivity contribution in [1.29, 1.82) is 0 Å². The molecular formula is C12H18N2O3. The third-order valence-electron chi connectivity index (χ3n) is 2.12. The molecule has 0 radical (unpaired) electrons. The lowest BCUT2D eigenvalue weighted by atomic mass is 10.3. The van der Waals surface area contributed by atoms with Crippen molar-refractivity contribution in [3.8, 4) is 0 Å². The van der Waals surface area contributed by atoms with Gasteiger partial charge < -0.3 is 15.2 Å². The molecule has 0 bridgehead atoms. The molecule has 0 amide bonds. The fourth-order valence-corrected chi connectivity index (χ4v) is 1.20. The predicted octanol–water partition coefficient (Wildman–Crippen LogP) is 1.64. The molecule has 0 fully saturated rings. The number of carbonyl (C=O) groups excluding carboxylic acids is 1. The van der Waals surface area contributed by atoms with E-state index < -0.39 is 5.97 Å². The lowest BCUT2D eigenvalue weighted by Crippen LogP contribution is -2.11. The first-order valence-electron chi connectivity index (χ1n) is 5.70. The molecule has 1 aromatic heterocycles. The van der Waals surface area contributed by atoms with Gasteiger partial charge in [0.25, 0.3) is 0 Å². The van der Waals surface area contributed by atoms with E-state index in [9.17, 15) is 4.79 Å². The minimum atomic E-state index is -0.404. The molecule has 0 aliphatic rings. The Labute approximate surface area is 101 Å². The SMILES string of the molecule is CCCCOCCOC(=O)c1ccnc(N)c1. The molecule has 5 nitrogen and oxygen atoms in total. The van der Waals surface area contributed by atoms with E-state index in [1.165, 1.54) is 12.3 Å². The standard InChI is InChI=1S/C12H18N2O3/c1-2-3-6-16-7-8-17-12(15)10-4-5-14-11(13)9-10/h4-5,9H,2-3,6-8H2,1H3,(H2,13,14). The van der Waals surface area contributed by atoms with Gasteiger partial charge in [-0.15, -0.1) is 0 Å². The summed E-state index contributed by atoms with van der Waals surface area (Å²) in [6, 6.07) is 3.05. The molecule has 0 saturated heterocycles. The Bertz CT molecular complexity index is 355. The van der Waals surface area contributed by atoms with Crippen molar-refractivity contribution in [2.24, 2.45) is 0 Å². The quantitative estimate of drug-likeness (QED) is 0.577. The van der Waals surface area contributed by atoms with Crippen LogP contribution in [0.15, 0.2) is 18.3 Å². The first-order valence-corrected chi connectivity index (χ1v) is 5.70. The average molecular weight is 238 g/mol. The van der Waals surface area contributed by atoms with Crippen molar-refractivity contribution in [2.75, 3.05) is 25.6 Å². The van der Waals surface area contributed by atoms with E-state index >= 15 is 0 Å². The Morgan fingerprint density at radius 2 is 2.24 bits per heavy atom. The van der Waals surface area contributed by atoms with Gasteiger partial charge in [-0.3, -0.25) is 0 Å². The van der Waals surface area contributed by atoms with Gasteiger partial charge in [0.05, 0.1) is 12.2 Å². The number of hydrogen-bond acceptors (Lipinski definition) is 5. The summed E-state index contributed by atoms with van der Waals surface area (Å²) in [6.45, 7) is 3.48. The number of nitrogens with two attached hydrogens (primary N) is 1. The molecule has 0 spiro atoms. The smallest absolute Gasteiger partial charge is 0.338 e. The van der Waals surface area contributed by atoms with E-state index in [1.54, 1.807) is 6.07 Å². The topological polar surface area (TPSA) is 74.4 Å². The highest BCUT2D eigenvalue weighted by Crippen LogP contribution is 2.04. The summed E-state index contributed by atoms with van der Waals surface area (Å²) in [5.74, 6) is -0.100. The predicted molar refractivity (Wildman–Crippen MR) is 64.7 cm³/mol. The van der Waals surface area contributed by atoms with Crippen LogP contribution in [-0.2, 0) is 9.47 Å². The molecule has 17 heavy (non-hydrogen) atoms. The minimum Gasteiger partial charge on any atom is -0.460 e. The van der Waals surface area contributed by atoms with E-state index in [4.69, 9.17) is 15.2 Å². The van der Waals surface area contributed by atoms with Gasteiger partial charge in [0.1, 0.15) is 12.4 Å². The molecule has 0 aliphatic carbocycles. The molecular weight excluding hydrogens is 220 g/mol. The minimum absolute atomic E-state index is 0.255. The van der Waals surface area contributed by atoms with Crippen LogP contribution in [0.2, 0.25) is 0 Å². The lowest BCUT2D eigenvalue weighted by molar-refractivity contribution is 0.0314. The Kier molecular flexibility index (Phi) is 6.03. The zero-order valence-corrected chi connectivity index (χ0v) is 10.0. The van der Waals surface area contributed by atoms with Gasteiger partial charge in [0.2, 0.25) is 0 Å². The van der Waals surface area contributed by atoms with Gasteiger partial charge in [0.15, 0.2) is 0 Å². The summed E-state index contributed by atoms with van der Waals surface area (Å²) in [7, 11) is 0. The average Bonchev–Trinajstić information content (AvgIpc) is 2.33. The van der Waals surface area contributed by atoms with E-state index in [0.717, 1.165) is 12.8 Å². The van der Waals surface area contributed by atoms with Crippen molar-refractivity contribution >= 4 is 11.8 Å². The van der Waals surface area contributed by atoms with Crippen LogP contribution in [0.5, 0.6) is 0 Å². The molecule has 0 aliphatic heterocycles. The highest BCUT2D eigenvalue weighted by molar-refractivity contribution is 5.89. The highest BCUT2D eigenvalue weighted by atomic mass is 16.6. The normalized spacial score (nSPS) is 10.2. The van der Waals surface area contributed by atoms with Crippen molar-refractivity contribution in [2.45, 2.75) is 19.8 Å². The van der Waals surface area contributed by atoms with Gasteiger partial charge in [-0.2, -0.15) is 0 Å². The van der Waals surface area contributed by atoms with Crippen LogP contribution < -0.4 is 5.73 Å². The second-order valence-electron chi connectivity index (χ2n) is 3.57. The zero-order valence-electron chi connectivity index (χ0n) is 10.0. The van der Waals surface area contributed by atoms with E-state index in [2.05, 4.69) is 11.9 Å². The third kappa shape index (κ3) is 5.31. The van der Waals surface area contributed by atoms with E-state index in [0.29, 0.717) is 24.6 Å². The van der Waals surface area contributed by atoms with Gasteiger partial charge >= 0.3 is 5.97 Å². The zero-order chi connectivity index (χ0) is 12.5. The van der Waals surface area contributed by atoms with E-state index in [-0.39, 0.29) is 6.61 Å². The van der Waals surface area contributed by atoms with Crippen LogP contribution in [0.1, 0.15) is 30.1 Å². The Balaban J connectivity index is 2.21. The van der Waals surface area contributed by atoms with Gasteiger partial charge in [0, 0.05) is 12.8 Å². The summed E-state index contributed by atoms with van der Waals surface area (Å²) in [6.07, 6.45) is 3.59. The number of pyridine rings is 1. The largest absolute Gasteiger partial charge is 0.460 e. The molecule has 2 N–H and O–H groups in total. The van der Waals surface area contributed by atoms with Crippen LogP contribution in [0.3, 0.4) is 0 Å². The molecule has 1 rings (SSSR count). The number of aromatic nitrogens is 1. The third-order valence-corrected chi connectivity index (χ3v) is 2.12. The molecule has 94 valence electrons. The molecule has 0 aromatic carbocycles. The van der Waals surface area contributed by atoms with Crippen LogP contribution in [-0.4, -0.2) is 30.8 Å². The van der Waals surface area contributed by atoms with Crippen LogP contribution in [0.4, 0.5) is 5.82 Å². The van der Waals surface area contributed by atoms with Crippen LogP contribution in [0.25, 0.3) is 0 Å². The maximum Gasteiger partial charge on any atom is 0.338 e. The van der Waals surface area contributed by atoms with Crippen molar-refractivity contribution in [3.05, 3.63) is 23.9 Å². The highest BCUT2D eigenvalue weighted by Gasteiger charge is 2.06. The molecule has 0 atom stereocenters. The summed E-state index contributed by atoms with van der Waals surface area (Å²) in [4.78, 5) is 15.3. The second kappa shape index (κ2) is 7.62. The Morgan fingerprint density at radius 3 is 2.94 bits per heavy atom. The fraction of sp³-hybridized carbons (Fsp3) is 0.500. The fourth-order valence-electron chi connectivity index (χ4n) is 1.20. The number of ether oxygens (including phenoxy) is 2. The summed E-state index contributed by atoms with van der Waals surface area (Å²) in [5.41, 5.74) is 5.87. The molecule has 1 aromatic rings. The number of nitrogen functional groups attached to an aromatic ring is 1. The lowest BCUT2D eigenvalue weighted by Gasteiger charge is -2.05. The molecule has 5 heteroatoms. The summed E-state index contributed by atoms with van der Waals surface area (Å²) >= 11 is 0. The van der Waals surface area contributed by atoms with Crippen LogP contribution >= 0.6 is 0 Å². The first kappa shape index (κ1) is 13.4. The van der Waals surface area contributed by atoms with Gasteiger partial charge in [-0.1, -0.05) is 13.3 Å². The molecule has 1 heterocycles. The number of unbranched alkanes of at least 4 members (excludes halogenated alkanes) is 1. The number of nitrogens with zero attached hydrogens (tertiary/aromatic N) is 1. The first-order chi connectivity index (χ1) is 8.24. The number of rotatable bonds is 7. The monoisotopic (exact) mass is 238 g/mol. The maximum atomic E-state index is 11.5. The Hall–Kier alpha value is -1.62. The second-order valence-corrected chi connectivity index (χ2v) is 3.57. The number of anilines is 1. The molecule has 0 unspecified atom stereocenters. The van der Waals surface area contributed by atoms with Crippen molar-refractivity contribution in [3.63, 3.8) is 0 Å². The van der Waals surface area contributed by atoms with Crippen molar-refractivity contribution < 1.29 is 14.3 Å². The maximum absolute atomic E-state index is 11.5. The van der Waals surface area contributed by atoms with E-state index in [1.807, 2.05) is 0 Å². The number of hydrogen-bond donors (Lipinski definition) is 1. The van der Waals surface area contributed by atoms with Gasteiger partial charge in [-0.05, 0) is 18.6 Å². The summed E-state index contributed by atoms with van der Waals surface area (Å²) < 4.78 is 10.3. The molecule has 0 saturated carbocycles. The number of carbonyl (C=O) groups is 1. The van der Waals surface area contributed by atoms with Crippen LogP contribution in [0, 0.1) is 0 Å². The number of esters is 1. The Morgan fingerprint density at radius 1 is 1.41 bits per heavy atom. The summed E-state index contributed by atoms with van der Waals surface area (Å²) in [5, 5.41) is 0. The van der Waals surface area contributed by atoms with Crippen molar-refractivity contribution in [1.82, 2.24) is 4.98 Å².